The van der Waals surface area contributed by atoms with Crippen molar-refractivity contribution in [3.8, 4) is 11.5 Å². The fourth-order valence-electron chi connectivity index (χ4n) is 3.25. The van der Waals surface area contributed by atoms with Crippen molar-refractivity contribution in [3.63, 3.8) is 0 Å². The summed E-state index contributed by atoms with van der Waals surface area (Å²) in [7, 11) is -0.796. The van der Waals surface area contributed by atoms with Crippen LogP contribution in [0.1, 0.15) is 19.4 Å². The van der Waals surface area contributed by atoms with Crippen LogP contribution in [0.15, 0.2) is 48.5 Å². The number of nitrogens with one attached hydrogen (secondary N) is 1. The van der Waals surface area contributed by atoms with Crippen molar-refractivity contribution in [1.29, 1.82) is 0 Å². The van der Waals surface area contributed by atoms with Gasteiger partial charge in [-0.3, -0.25) is 13.9 Å². The standard InChI is InChI=1S/C23H31N3O6S/c1-6-32-21-10-8-7-9-20(21)26(33(5,29)30)16-22(27)25(17(2)23(28)24-3)15-18-11-13-19(31-4)14-12-18/h7-14,17H,6,15-16H2,1-5H3,(H,24,28)/t17-/m1/s1. The first kappa shape index (κ1) is 26.0. The molecule has 9 nitrogen and oxygen atoms in total. The minimum Gasteiger partial charge on any atom is -0.497 e. The maximum absolute atomic E-state index is 13.4. The highest BCUT2D eigenvalue weighted by Crippen LogP contribution is 2.30. The van der Waals surface area contributed by atoms with Crippen LogP contribution in [0.5, 0.6) is 11.5 Å². The molecule has 180 valence electrons. The van der Waals surface area contributed by atoms with E-state index in [1.54, 1.807) is 69.5 Å². The Bertz CT molecular complexity index is 1060. The van der Waals surface area contributed by atoms with Gasteiger partial charge in [0.1, 0.15) is 24.1 Å². The third-order valence-corrected chi connectivity index (χ3v) is 6.17. The predicted molar refractivity (Wildman–Crippen MR) is 127 cm³/mol. The van der Waals surface area contributed by atoms with Gasteiger partial charge in [-0.25, -0.2) is 8.42 Å². The van der Waals surface area contributed by atoms with Gasteiger partial charge in [0, 0.05) is 13.6 Å². The van der Waals surface area contributed by atoms with Gasteiger partial charge in [0.05, 0.1) is 25.7 Å². The summed E-state index contributed by atoms with van der Waals surface area (Å²) in [5.74, 6) is 0.113. The zero-order chi connectivity index (χ0) is 24.6. The lowest BCUT2D eigenvalue weighted by Crippen LogP contribution is -2.50. The van der Waals surface area contributed by atoms with Crippen molar-refractivity contribution < 1.29 is 27.5 Å². The molecule has 0 aromatic heterocycles. The Morgan fingerprint density at radius 3 is 2.27 bits per heavy atom. The highest BCUT2D eigenvalue weighted by Gasteiger charge is 2.30. The van der Waals surface area contributed by atoms with Crippen molar-refractivity contribution in [2.24, 2.45) is 0 Å². The molecule has 0 fully saturated rings. The minimum atomic E-state index is -3.83. The molecule has 1 N–H and O–H groups in total. The third kappa shape index (κ3) is 6.85. The van der Waals surface area contributed by atoms with E-state index in [1.807, 2.05) is 0 Å². The summed E-state index contributed by atoms with van der Waals surface area (Å²) in [6.45, 7) is 3.34. The molecule has 0 aliphatic heterocycles. The van der Waals surface area contributed by atoms with Crippen LogP contribution in [0, 0.1) is 0 Å². The third-order valence-electron chi connectivity index (χ3n) is 5.04. The molecule has 1 atom stereocenters. The lowest BCUT2D eigenvalue weighted by molar-refractivity contribution is -0.139. The molecule has 0 saturated carbocycles. The van der Waals surface area contributed by atoms with Gasteiger partial charge in [-0.1, -0.05) is 24.3 Å². The highest BCUT2D eigenvalue weighted by molar-refractivity contribution is 7.92. The van der Waals surface area contributed by atoms with Crippen LogP contribution in [-0.4, -0.2) is 64.7 Å². The maximum Gasteiger partial charge on any atom is 0.244 e. The minimum absolute atomic E-state index is 0.113. The molecule has 0 spiro atoms. The number of likely N-dealkylation sites (N-methyl/N-ethyl adjacent to an activating group) is 1. The topological polar surface area (TPSA) is 105 Å². The average Bonchev–Trinajstić information content (AvgIpc) is 2.80. The first-order valence-corrected chi connectivity index (χ1v) is 12.3. The predicted octanol–water partition coefficient (Wildman–Crippen LogP) is 2.02. The Kier molecular flexibility index (Phi) is 9.10. The summed E-state index contributed by atoms with van der Waals surface area (Å²) in [6.07, 6.45) is 1.03. The van der Waals surface area contributed by atoms with Crippen LogP contribution in [0.25, 0.3) is 0 Å². The van der Waals surface area contributed by atoms with Gasteiger partial charge in [0.2, 0.25) is 21.8 Å². The molecule has 0 radical (unpaired) electrons. The number of benzene rings is 2. The van der Waals surface area contributed by atoms with Gasteiger partial charge >= 0.3 is 0 Å². The Labute approximate surface area is 195 Å². The quantitative estimate of drug-likeness (QED) is 0.531. The summed E-state index contributed by atoms with van der Waals surface area (Å²) in [5, 5.41) is 2.54. The molecule has 0 unspecified atom stereocenters. The first-order chi connectivity index (χ1) is 15.6. The fraction of sp³-hybridized carbons (Fsp3) is 0.391. The van der Waals surface area contributed by atoms with Gasteiger partial charge in [-0.2, -0.15) is 0 Å². The molecule has 0 heterocycles. The summed E-state index contributed by atoms with van der Waals surface area (Å²) in [4.78, 5) is 27.1. The number of ether oxygens (including phenoxy) is 2. The number of para-hydroxylation sites is 2. The van der Waals surface area contributed by atoms with Gasteiger partial charge in [-0.15, -0.1) is 0 Å². The van der Waals surface area contributed by atoms with E-state index in [9.17, 15) is 18.0 Å². The van der Waals surface area contributed by atoms with E-state index in [0.717, 1.165) is 16.1 Å². The second-order valence-electron chi connectivity index (χ2n) is 7.33. The maximum atomic E-state index is 13.4. The molecule has 10 heteroatoms. The van der Waals surface area contributed by atoms with Gasteiger partial charge in [0.25, 0.3) is 0 Å². The van der Waals surface area contributed by atoms with E-state index in [4.69, 9.17) is 9.47 Å². The molecule has 0 aliphatic carbocycles. The second kappa shape index (κ2) is 11.6. The molecule has 2 aromatic rings. The molecular weight excluding hydrogens is 446 g/mol. The molecule has 2 aromatic carbocycles. The number of hydrogen-bond acceptors (Lipinski definition) is 6. The molecule has 33 heavy (non-hydrogen) atoms. The van der Waals surface area contributed by atoms with Crippen LogP contribution >= 0.6 is 0 Å². The summed E-state index contributed by atoms with van der Waals surface area (Å²) in [5.41, 5.74) is 1.02. The molecule has 0 bridgehead atoms. The number of nitrogens with zero attached hydrogens (tertiary/aromatic N) is 2. The molecule has 0 saturated heterocycles. The summed E-state index contributed by atoms with van der Waals surface area (Å²) >= 11 is 0. The van der Waals surface area contributed by atoms with Crippen molar-refractivity contribution in [2.45, 2.75) is 26.4 Å². The Hall–Kier alpha value is -3.27. The van der Waals surface area contributed by atoms with Crippen LogP contribution in [0.2, 0.25) is 0 Å². The van der Waals surface area contributed by atoms with Gasteiger partial charge < -0.3 is 19.7 Å². The van der Waals surface area contributed by atoms with Crippen LogP contribution in [0.3, 0.4) is 0 Å². The lowest BCUT2D eigenvalue weighted by atomic mass is 10.1. The van der Waals surface area contributed by atoms with Crippen LogP contribution in [0.4, 0.5) is 5.69 Å². The van der Waals surface area contributed by atoms with Gasteiger partial charge in [0.15, 0.2) is 0 Å². The Morgan fingerprint density at radius 2 is 1.73 bits per heavy atom. The number of carbonyl (C=O) groups excluding carboxylic acids is 2. The van der Waals surface area contributed by atoms with E-state index >= 15 is 0 Å². The zero-order valence-electron chi connectivity index (χ0n) is 19.6. The number of hydrogen-bond donors (Lipinski definition) is 1. The molecule has 2 rings (SSSR count). The smallest absolute Gasteiger partial charge is 0.244 e. The molecule has 2 amide bonds. The number of sulfonamides is 1. The van der Waals surface area contributed by atoms with Crippen molar-refractivity contribution in [2.75, 3.05) is 37.9 Å². The number of rotatable bonds is 11. The van der Waals surface area contributed by atoms with Crippen LogP contribution in [-0.2, 0) is 26.2 Å². The highest BCUT2D eigenvalue weighted by atomic mass is 32.2. The summed E-state index contributed by atoms with van der Waals surface area (Å²) in [6, 6.07) is 12.9. The van der Waals surface area contributed by atoms with Crippen molar-refractivity contribution >= 4 is 27.5 Å². The lowest BCUT2D eigenvalue weighted by Gasteiger charge is -2.31. The van der Waals surface area contributed by atoms with Crippen molar-refractivity contribution in [3.05, 3.63) is 54.1 Å². The Morgan fingerprint density at radius 1 is 1.09 bits per heavy atom. The normalized spacial score (nSPS) is 11.9. The number of amides is 2. The summed E-state index contributed by atoms with van der Waals surface area (Å²) < 4.78 is 37.0. The first-order valence-electron chi connectivity index (χ1n) is 10.5. The van der Waals surface area contributed by atoms with E-state index in [1.165, 1.54) is 11.9 Å². The number of carbonyl (C=O) groups is 2. The number of anilines is 1. The second-order valence-corrected chi connectivity index (χ2v) is 9.24. The van der Waals surface area contributed by atoms with E-state index in [0.29, 0.717) is 18.1 Å². The van der Waals surface area contributed by atoms with E-state index in [-0.39, 0.29) is 18.1 Å². The number of methoxy groups -OCH3 is 1. The Balaban J connectivity index is 2.41. The molecule has 0 aliphatic rings. The largest absolute Gasteiger partial charge is 0.497 e. The van der Waals surface area contributed by atoms with Crippen LogP contribution < -0.4 is 19.1 Å². The van der Waals surface area contributed by atoms with Gasteiger partial charge in [-0.05, 0) is 43.7 Å². The SMILES string of the molecule is CCOc1ccccc1N(CC(=O)N(Cc1ccc(OC)cc1)[C@H](C)C(=O)NC)S(C)(=O)=O. The van der Waals surface area contributed by atoms with E-state index in [2.05, 4.69) is 5.32 Å². The zero-order valence-corrected chi connectivity index (χ0v) is 20.4. The fourth-order valence-corrected chi connectivity index (χ4v) is 4.11. The monoisotopic (exact) mass is 477 g/mol. The van der Waals surface area contributed by atoms with Crippen molar-refractivity contribution in [1.82, 2.24) is 10.2 Å². The average molecular weight is 478 g/mol. The molecular formula is C23H31N3O6S. The van der Waals surface area contributed by atoms with E-state index < -0.39 is 28.5 Å².